The van der Waals surface area contributed by atoms with Crippen molar-refractivity contribution in [2.24, 2.45) is 0 Å². The van der Waals surface area contributed by atoms with E-state index in [2.05, 4.69) is 5.10 Å². The fraction of sp³-hybridized carbons (Fsp3) is 0.167. The van der Waals surface area contributed by atoms with Crippen LogP contribution in [0, 0.1) is 13.8 Å². The Morgan fingerprint density at radius 2 is 1.45 bits per heavy atom. The summed E-state index contributed by atoms with van der Waals surface area (Å²) in [5.74, 6) is 0. The Bertz CT molecular complexity index is 838. The van der Waals surface area contributed by atoms with E-state index in [0.717, 1.165) is 27.7 Å². The Kier molecular flexibility index (Phi) is 3.76. The lowest BCUT2D eigenvalue weighted by molar-refractivity contribution is 0.590. The Morgan fingerprint density at radius 1 is 0.909 bits per heavy atom. The molecule has 0 spiro atoms. The average molecular weight is 310 g/mol. The van der Waals surface area contributed by atoms with Crippen molar-refractivity contribution in [2.45, 2.75) is 13.8 Å². The molecule has 112 valence electrons. The third-order valence-corrected chi connectivity index (χ3v) is 6.71. The van der Waals surface area contributed by atoms with E-state index in [1.54, 1.807) is 0 Å². The molecule has 0 N–H and O–H groups in total. The van der Waals surface area contributed by atoms with Gasteiger partial charge in [0.1, 0.15) is 7.14 Å². The quantitative estimate of drug-likeness (QED) is 0.695. The second-order valence-electron chi connectivity index (χ2n) is 5.53. The van der Waals surface area contributed by atoms with E-state index in [1.165, 1.54) is 0 Å². The van der Waals surface area contributed by atoms with Gasteiger partial charge in [0.25, 0.3) is 0 Å². The first kappa shape index (κ1) is 14.8. The van der Waals surface area contributed by atoms with Crippen LogP contribution >= 0.6 is 7.14 Å². The summed E-state index contributed by atoms with van der Waals surface area (Å²) in [6.45, 7) is 5.75. The van der Waals surface area contributed by atoms with Crippen molar-refractivity contribution in [3.05, 3.63) is 72.1 Å². The highest BCUT2D eigenvalue weighted by Crippen LogP contribution is 2.41. The first-order valence-corrected chi connectivity index (χ1v) is 9.42. The van der Waals surface area contributed by atoms with E-state index >= 15 is 0 Å². The predicted molar refractivity (Wildman–Crippen MR) is 92.3 cm³/mol. The normalized spacial score (nSPS) is 13.8. The lowest BCUT2D eigenvalue weighted by Gasteiger charge is -2.14. The van der Waals surface area contributed by atoms with Gasteiger partial charge >= 0.3 is 0 Å². The molecular formula is C18H19N2OP. The summed E-state index contributed by atoms with van der Waals surface area (Å²) in [5.41, 5.74) is 2.76. The monoisotopic (exact) mass is 310 g/mol. The highest BCUT2D eigenvalue weighted by Gasteiger charge is 2.28. The predicted octanol–water partition coefficient (Wildman–Crippen LogP) is 3.43. The second-order valence-corrected chi connectivity index (χ2v) is 8.34. The zero-order chi connectivity index (χ0) is 15.7. The number of hydrogen-bond acceptors (Lipinski definition) is 2. The number of para-hydroxylation sites is 1. The number of aromatic nitrogens is 2. The van der Waals surface area contributed by atoms with Gasteiger partial charge in [-0.25, -0.2) is 4.68 Å². The summed E-state index contributed by atoms with van der Waals surface area (Å²) in [6, 6.07) is 19.6. The smallest absolute Gasteiger partial charge is 0.143 e. The van der Waals surface area contributed by atoms with Gasteiger partial charge in [0.2, 0.25) is 0 Å². The van der Waals surface area contributed by atoms with Crippen molar-refractivity contribution in [1.82, 2.24) is 9.78 Å². The van der Waals surface area contributed by atoms with Crippen LogP contribution in [0.25, 0.3) is 5.69 Å². The molecule has 0 aliphatic rings. The van der Waals surface area contributed by atoms with Crippen LogP contribution in [0.5, 0.6) is 0 Å². The second kappa shape index (κ2) is 5.58. The number of benzene rings is 2. The number of rotatable bonds is 3. The molecule has 3 aromatic rings. The van der Waals surface area contributed by atoms with E-state index in [0.29, 0.717) is 0 Å². The Balaban J connectivity index is 2.17. The third-order valence-electron chi connectivity index (χ3n) is 3.93. The van der Waals surface area contributed by atoms with Gasteiger partial charge in [-0.2, -0.15) is 5.10 Å². The molecule has 3 nitrogen and oxygen atoms in total. The SMILES string of the molecule is Cc1nn(-c2ccccc2)c(C)c1[P@@](C)(=O)c1ccccc1. The standard InChI is InChI=1S/C18H19N2OP/c1-14-18(22(3,21)17-12-8-5-9-13-17)15(2)20(19-14)16-10-6-4-7-11-16/h4-13H,1-3H3/t22-/m0/s1. The van der Waals surface area contributed by atoms with Crippen LogP contribution in [-0.4, -0.2) is 16.4 Å². The van der Waals surface area contributed by atoms with Gasteiger partial charge in [-0.15, -0.1) is 0 Å². The molecule has 22 heavy (non-hydrogen) atoms. The molecule has 2 aromatic carbocycles. The molecule has 3 rings (SSSR count). The molecule has 0 fully saturated rings. The Labute approximate surface area is 131 Å². The number of aryl methyl sites for hydroxylation is 1. The summed E-state index contributed by atoms with van der Waals surface area (Å²) in [4.78, 5) is 0. The van der Waals surface area contributed by atoms with E-state index in [1.807, 2.05) is 85.9 Å². The number of nitrogens with zero attached hydrogens (tertiary/aromatic N) is 2. The average Bonchev–Trinajstić information content (AvgIpc) is 2.84. The van der Waals surface area contributed by atoms with Crippen LogP contribution < -0.4 is 10.6 Å². The summed E-state index contributed by atoms with van der Waals surface area (Å²) in [7, 11) is -2.66. The molecule has 0 saturated heterocycles. The van der Waals surface area contributed by atoms with E-state index < -0.39 is 7.14 Å². The van der Waals surface area contributed by atoms with Crippen molar-refractivity contribution in [3.63, 3.8) is 0 Å². The maximum atomic E-state index is 13.5. The van der Waals surface area contributed by atoms with Crippen LogP contribution in [0.15, 0.2) is 60.7 Å². The number of hydrogen-bond donors (Lipinski definition) is 0. The van der Waals surface area contributed by atoms with Gasteiger partial charge in [0.05, 0.1) is 22.4 Å². The highest BCUT2D eigenvalue weighted by molar-refractivity contribution is 7.78. The zero-order valence-electron chi connectivity index (χ0n) is 13.0. The largest absolute Gasteiger partial charge is 0.314 e. The lowest BCUT2D eigenvalue weighted by atomic mass is 10.3. The first-order chi connectivity index (χ1) is 10.5. The zero-order valence-corrected chi connectivity index (χ0v) is 13.9. The van der Waals surface area contributed by atoms with Crippen LogP contribution in [0.4, 0.5) is 0 Å². The molecule has 0 aliphatic carbocycles. The van der Waals surface area contributed by atoms with Crippen LogP contribution in [0.2, 0.25) is 0 Å². The van der Waals surface area contributed by atoms with Gasteiger partial charge in [0.15, 0.2) is 0 Å². The molecule has 4 heteroatoms. The van der Waals surface area contributed by atoms with Crippen molar-refractivity contribution >= 4 is 17.8 Å². The maximum absolute atomic E-state index is 13.5. The molecule has 0 radical (unpaired) electrons. The van der Waals surface area contributed by atoms with Gasteiger partial charge in [-0.1, -0.05) is 48.5 Å². The Hall–Kier alpha value is -2.12. The minimum Gasteiger partial charge on any atom is -0.314 e. The first-order valence-electron chi connectivity index (χ1n) is 7.27. The maximum Gasteiger partial charge on any atom is 0.143 e. The molecule has 1 atom stereocenters. The minimum atomic E-state index is -2.66. The van der Waals surface area contributed by atoms with Gasteiger partial charge < -0.3 is 4.57 Å². The molecule has 0 unspecified atom stereocenters. The fourth-order valence-electron chi connectivity index (χ4n) is 2.91. The highest BCUT2D eigenvalue weighted by atomic mass is 31.2. The third kappa shape index (κ3) is 2.42. The topological polar surface area (TPSA) is 34.9 Å². The fourth-order valence-corrected chi connectivity index (χ4v) is 5.29. The molecule has 0 aliphatic heterocycles. The molecule has 1 aromatic heterocycles. The van der Waals surface area contributed by atoms with E-state index in [9.17, 15) is 4.57 Å². The summed E-state index contributed by atoms with van der Waals surface area (Å²) < 4.78 is 15.3. The van der Waals surface area contributed by atoms with Gasteiger partial charge in [-0.3, -0.25) is 0 Å². The lowest BCUT2D eigenvalue weighted by Crippen LogP contribution is -2.18. The molecular weight excluding hydrogens is 291 g/mol. The minimum absolute atomic E-state index is 0.830. The molecule has 0 bridgehead atoms. The summed E-state index contributed by atoms with van der Waals surface area (Å²) >= 11 is 0. The van der Waals surface area contributed by atoms with Crippen LogP contribution in [0.1, 0.15) is 11.4 Å². The van der Waals surface area contributed by atoms with Crippen molar-refractivity contribution in [2.75, 3.05) is 6.66 Å². The van der Waals surface area contributed by atoms with Crippen molar-refractivity contribution < 1.29 is 4.57 Å². The van der Waals surface area contributed by atoms with Gasteiger partial charge in [0, 0.05) is 5.30 Å². The molecule has 1 heterocycles. The van der Waals surface area contributed by atoms with Crippen molar-refractivity contribution in [1.29, 1.82) is 0 Å². The van der Waals surface area contributed by atoms with Crippen molar-refractivity contribution in [3.8, 4) is 5.69 Å². The Morgan fingerprint density at radius 3 is 2.05 bits per heavy atom. The van der Waals surface area contributed by atoms with E-state index in [4.69, 9.17) is 0 Å². The van der Waals surface area contributed by atoms with Gasteiger partial charge in [-0.05, 0) is 32.6 Å². The van der Waals surface area contributed by atoms with E-state index in [-0.39, 0.29) is 0 Å². The van der Waals surface area contributed by atoms with Crippen LogP contribution in [-0.2, 0) is 4.57 Å². The molecule has 0 saturated carbocycles. The summed E-state index contributed by atoms with van der Waals surface area (Å²) in [6.07, 6.45) is 0. The summed E-state index contributed by atoms with van der Waals surface area (Å²) in [5, 5.41) is 6.35. The van der Waals surface area contributed by atoms with Crippen LogP contribution in [0.3, 0.4) is 0 Å². The molecule has 0 amide bonds.